The van der Waals surface area contributed by atoms with Crippen LogP contribution in [-0.2, 0) is 0 Å². The van der Waals surface area contributed by atoms with E-state index in [-0.39, 0.29) is 11.5 Å². The minimum absolute atomic E-state index is 0.0176. The number of carbonyl (C=O) groups excluding carboxylic acids is 1. The minimum Gasteiger partial charge on any atom is -0.538 e. The number of halogens is 1. The molecule has 0 aliphatic carbocycles. The van der Waals surface area contributed by atoms with Crippen LogP contribution in [0.2, 0.25) is 5.02 Å². The van der Waals surface area contributed by atoms with E-state index in [0.29, 0.717) is 21.8 Å². The average molecular weight is 339 g/mol. The van der Waals surface area contributed by atoms with Crippen molar-refractivity contribution in [1.82, 2.24) is 5.27 Å². The van der Waals surface area contributed by atoms with Crippen LogP contribution in [0.1, 0.15) is 28.5 Å². The Labute approximate surface area is 143 Å². The molecular weight excluding hydrogens is 328 g/mol. The summed E-state index contributed by atoms with van der Waals surface area (Å²) in [5, 5.41) is 16.1. The van der Waals surface area contributed by atoms with E-state index in [4.69, 9.17) is 16.1 Å². The number of aromatic nitrogens is 2. The van der Waals surface area contributed by atoms with Crippen LogP contribution < -0.4 is 9.79 Å². The standard InChI is InChI=1S/C18H11ClN2O3/c1-12(22)14-5-2-13(3-6-14)4-11-17-18(23)24-20-21(17)16-9-7-15(19)8-10-16/h2-3,5-10H,1H3. The Morgan fingerprint density at radius 2 is 1.79 bits per heavy atom. The van der Waals surface area contributed by atoms with Crippen molar-refractivity contribution in [2.75, 3.05) is 0 Å². The van der Waals surface area contributed by atoms with E-state index in [1.54, 1.807) is 48.5 Å². The maximum absolute atomic E-state index is 11.8. The third-order valence-corrected chi connectivity index (χ3v) is 3.55. The molecule has 0 spiro atoms. The highest BCUT2D eigenvalue weighted by Gasteiger charge is 2.18. The highest BCUT2D eigenvalue weighted by Crippen LogP contribution is 2.13. The van der Waals surface area contributed by atoms with Crippen LogP contribution in [0.25, 0.3) is 5.69 Å². The van der Waals surface area contributed by atoms with Gasteiger partial charge in [0.15, 0.2) is 11.7 Å². The van der Waals surface area contributed by atoms with Crippen molar-refractivity contribution in [2.45, 2.75) is 6.92 Å². The van der Waals surface area contributed by atoms with Crippen molar-refractivity contribution in [3.8, 4) is 23.5 Å². The summed E-state index contributed by atoms with van der Waals surface area (Å²) in [6.07, 6.45) is 0. The summed E-state index contributed by atoms with van der Waals surface area (Å²) in [6, 6.07) is 13.6. The zero-order chi connectivity index (χ0) is 17.1. The van der Waals surface area contributed by atoms with Gasteiger partial charge >= 0.3 is 5.69 Å². The summed E-state index contributed by atoms with van der Waals surface area (Å²) < 4.78 is 6.01. The lowest BCUT2D eigenvalue weighted by Crippen LogP contribution is -2.35. The first-order chi connectivity index (χ1) is 11.5. The molecule has 24 heavy (non-hydrogen) atoms. The third-order valence-electron chi connectivity index (χ3n) is 3.30. The van der Waals surface area contributed by atoms with Crippen LogP contribution in [0.3, 0.4) is 0 Å². The normalized spacial score (nSPS) is 10.1. The van der Waals surface area contributed by atoms with Crippen LogP contribution in [0.4, 0.5) is 0 Å². The van der Waals surface area contributed by atoms with Crippen molar-refractivity contribution in [3.05, 3.63) is 70.4 Å². The quantitative estimate of drug-likeness (QED) is 0.408. The van der Waals surface area contributed by atoms with Crippen molar-refractivity contribution in [3.63, 3.8) is 0 Å². The van der Waals surface area contributed by atoms with Crippen molar-refractivity contribution < 1.29 is 19.1 Å². The molecule has 5 nitrogen and oxygen atoms in total. The Kier molecular flexibility index (Phi) is 4.32. The van der Waals surface area contributed by atoms with E-state index in [2.05, 4.69) is 17.1 Å². The number of ketones is 1. The van der Waals surface area contributed by atoms with Crippen LogP contribution in [0.15, 0.2) is 53.1 Å². The van der Waals surface area contributed by atoms with E-state index >= 15 is 0 Å². The Balaban J connectivity index is 1.95. The summed E-state index contributed by atoms with van der Waals surface area (Å²) in [6.45, 7) is 1.50. The van der Waals surface area contributed by atoms with E-state index in [1.165, 1.54) is 11.6 Å². The largest absolute Gasteiger partial charge is 0.538 e. The Hall–Kier alpha value is -3.10. The fourth-order valence-electron chi connectivity index (χ4n) is 2.03. The summed E-state index contributed by atoms with van der Waals surface area (Å²) in [5.41, 5.74) is 1.99. The zero-order valence-electron chi connectivity index (χ0n) is 12.6. The summed E-state index contributed by atoms with van der Waals surface area (Å²) in [4.78, 5) is 11.3. The summed E-state index contributed by atoms with van der Waals surface area (Å²) in [7, 11) is 0. The fraction of sp³-hybridized carbons (Fsp3) is 0.0556. The molecule has 0 N–H and O–H groups in total. The van der Waals surface area contributed by atoms with Gasteiger partial charge in [0.2, 0.25) is 5.69 Å². The lowest BCUT2D eigenvalue weighted by atomic mass is 10.1. The molecule has 1 heterocycles. The van der Waals surface area contributed by atoms with Gasteiger partial charge in [0, 0.05) is 34.2 Å². The van der Waals surface area contributed by atoms with Crippen LogP contribution in [0, 0.1) is 11.8 Å². The van der Waals surface area contributed by atoms with Crippen molar-refractivity contribution in [1.29, 1.82) is 0 Å². The highest BCUT2D eigenvalue weighted by atomic mass is 35.5. The van der Waals surface area contributed by atoms with E-state index in [9.17, 15) is 9.90 Å². The molecule has 3 aromatic rings. The monoisotopic (exact) mass is 338 g/mol. The van der Waals surface area contributed by atoms with Gasteiger partial charge < -0.3 is 9.63 Å². The molecule has 0 amide bonds. The molecule has 0 saturated heterocycles. The number of nitrogens with zero attached hydrogens (tertiary/aromatic N) is 2. The maximum Gasteiger partial charge on any atom is 0.314 e. The third kappa shape index (κ3) is 3.29. The van der Waals surface area contributed by atoms with Crippen molar-refractivity contribution >= 4 is 17.4 Å². The van der Waals surface area contributed by atoms with Gasteiger partial charge in [-0.25, -0.2) is 0 Å². The molecule has 0 saturated carbocycles. The molecule has 1 aromatic heterocycles. The molecule has 3 rings (SSSR count). The number of hydrogen-bond donors (Lipinski definition) is 0. The number of Topliss-reactive ketones (excluding diaryl/α,β-unsaturated/α-hetero) is 1. The lowest BCUT2D eigenvalue weighted by molar-refractivity contribution is -0.672. The van der Waals surface area contributed by atoms with Crippen LogP contribution >= 0.6 is 11.6 Å². The Morgan fingerprint density at radius 3 is 2.42 bits per heavy atom. The van der Waals surface area contributed by atoms with E-state index in [0.717, 1.165) is 0 Å². The second-order valence-electron chi connectivity index (χ2n) is 4.98. The second kappa shape index (κ2) is 6.57. The molecule has 118 valence electrons. The summed E-state index contributed by atoms with van der Waals surface area (Å²) >= 11 is 5.85. The van der Waals surface area contributed by atoms with Gasteiger partial charge in [0.05, 0.1) is 5.27 Å². The number of benzene rings is 2. The number of carbonyl (C=O) groups is 1. The Morgan fingerprint density at radius 1 is 1.12 bits per heavy atom. The van der Waals surface area contributed by atoms with Gasteiger partial charge in [-0.05, 0) is 35.9 Å². The van der Waals surface area contributed by atoms with Gasteiger partial charge in [-0.2, -0.15) is 0 Å². The molecule has 0 aliphatic rings. The fourth-order valence-corrected chi connectivity index (χ4v) is 2.16. The first kappa shape index (κ1) is 15.8. The van der Waals surface area contributed by atoms with Gasteiger partial charge in [0.1, 0.15) is 0 Å². The molecule has 0 bridgehead atoms. The van der Waals surface area contributed by atoms with Gasteiger partial charge in [-0.15, -0.1) is 0 Å². The van der Waals surface area contributed by atoms with Gasteiger partial charge in [0.25, 0.3) is 0 Å². The molecule has 0 fully saturated rings. The van der Waals surface area contributed by atoms with E-state index in [1.807, 2.05) is 0 Å². The van der Waals surface area contributed by atoms with Gasteiger partial charge in [-0.1, -0.05) is 29.7 Å². The lowest BCUT2D eigenvalue weighted by Gasteiger charge is -1.94. The molecule has 0 radical (unpaired) electrons. The van der Waals surface area contributed by atoms with Crippen LogP contribution in [0.5, 0.6) is 5.95 Å². The second-order valence-corrected chi connectivity index (χ2v) is 5.42. The number of hydrogen-bond acceptors (Lipinski definition) is 4. The Bertz CT molecular complexity index is 949. The average Bonchev–Trinajstić information content (AvgIpc) is 2.95. The molecule has 0 aliphatic heterocycles. The first-order valence-corrected chi connectivity index (χ1v) is 7.40. The predicted octanol–water partition coefficient (Wildman–Crippen LogP) is 2.28. The zero-order valence-corrected chi connectivity index (χ0v) is 13.4. The first-order valence-electron chi connectivity index (χ1n) is 7.02. The number of rotatable bonds is 2. The maximum atomic E-state index is 11.8. The molecular formula is C18H11ClN2O3. The molecule has 0 unspecified atom stereocenters. The summed E-state index contributed by atoms with van der Waals surface area (Å²) in [5.74, 6) is 4.99. The highest BCUT2D eigenvalue weighted by molar-refractivity contribution is 6.30. The topological polar surface area (TPSA) is 70.0 Å². The molecule has 6 heteroatoms. The van der Waals surface area contributed by atoms with Crippen LogP contribution in [-0.4, -0.2) is 11.1 Å². The molecule has 2 aromatic carbocycles. The molecule has 0 atom stereocenters. The van der Waals surface area contributed by atoms with Crippen molar-refractivity contribution in [2.24, 2.45) is 0 Å². The smallest absolute Gasteiger partial charge is 0.314 e. The predicted molar refractivity (Wildman–Crippen MR) is 84.9 cm³/mol. The van der Waals surface area contributed by atoms with Gasteiger partial charge in [-0.3, -0.25) is 4.79 Å². The minimum atomic E-state index is -0.627. The van der Waals surface area contributed by atoms with E-state index < -0.39 is 5.95 Å². The SMILES string of the molecule is CC(=O)c1ccc(C#Cc2c([O-])on[n+]2-c2ccc(Cl)cc2)cc1.